The number of nitrogens with one attached hydrogen (secondary N) is 1. The minimum absolute atomic E-state index is 0.0141. The van der Waals surface area contributed by atoms with E-state index in [1.165, 1.54) is 7.11 Å². The van der Waals surface area contributed by atoms with Gasteiger partial charge in [0.2, 0.25) is 5.91 Å². The summed E-state index contributed by atoms with van der Waals surface area (Å²) >= 11 is 0. The third-order valence-electron chi connectivity index (χ3n) is 4.02. The van der Waals surface area contributed by atoms with Crippen LogP contribution >= 0.6 is 0 Å². The average Bonchev–Trinajstić information content (AvgIpc) is 2.93. The van der Waals surface area contributed by atoms with E-state index in [1.54, 1.807) is 7.11 Å². The molecule has 0 spiro atoms. The molecule has 0 aromatic rings. The van der Waals surface area contributed by atoms with Crippen LogP contribution in [0.1, 0.15) is 19.3 Å². The molecule has 1 amide bonds. The summed E-state index contributed by atoms with van der Waals surface area (Å²) in [5, 5.41) is 2.82. The van der Waals surface area contributed by atoms with Crippen molar-refractivity contribution in [1.29, 1.82) is 0 Å². The lowest BCUT2D eigenvalue weighted by atomic mass is 10.1. The minimum atomic E-state index is -3.11. The fourth-order valence-electron chi connectivity index (χ4n) is 2.88. The van der Waals surface area contributed by atoms with Crippen LogP contribution in [-0.4, -0.2) is 58.3 Å². The standard InChI is InChI=1S/C12H21NO5S/c1-17-9-4-3-8(5-9)12(14)13-10-6-19(15,16)7-11(10)18-2/h8-11H,3-7H2,1-2H3,(H,13,14). The first kappa shape index (κ1) is 14.7. The van der Waals surface area contributed by atoms with Gasteiger partial charge in [-0.2, -0.15) is 0 Å². The summed E-state index contributed by atoms with van der Waals surface area (Å²) in [5.74, 6) is -0.202. The van der Waals surface area contributed by atoms with Crippen LogP contribution < -0.4 is 5.32 Å². The number of methoxy groups -OCH3 is 2. The topological polar surface area (TPSA) is 81.7 Å². The van der Waals surface area contributed by atoms with Crippen molar-refractivity contribution in [3.8, 4) is 0 Å². The van der Waals surface area contributed by atoms with E-state index in [-0.39, 0.29) is 29.4 Å². The molecule has 1 aliphatic heterocycles. The van der Waals surface area contributed by atoms with E-state index in [2.05, 4.69) is 5.32 Å². The van der Waals surface area contributed by atoms with Crippen LogP contribution in [0.3, 0.4) is 0 Å². The van der Waals surface area contributed by atoms with Crippen molar-refractivity contribution in [2.45, 2.75) is 37.5 Å². The van der Waals surface area contributed by atoms with Gasteiger partial charge in [-0.25, -0.2) is 8.42 Å². The number of hydrogen-bond donors (Lipinski definition) is 1. The molecule has 1 N–H and O–H groups in total. The molecule has 0 radical (unpaired) electrons. The molecule has 7 heteroatoms. The molecular weight excluding hydrogens is 270 g/mol. The van der Waals surface area contributed by atoms with E-state index in [4.69, 9.17) is 9.47 Å². The minimum Gasteiger partial charge on any atom is -0.381 e. The van der Waals surface area contributed by atoms with Gasteiger partial charge in [0, 0.05) is 20.1 Å². The van der Waals surface area contributed by atoms with Crippen molar-refractivity contribution >= 4 is 15.7 Å². The van der Waals surface area contributed by atoms with Crippen molar-refractivity contribution < 1.29 is 22.7 Å². The number of ether oxygens (including phenoxy) is 2. The van der Waals surface area contributed by atoms with Gasteiger partial charge >= 0.3 is 0 Å². The molecule has 1 saturated heterocycles. The van der Waals surface area contributed by atoms with Crippen LogP contribution in [0.4, 0.5) is 0 Å². The average molecular weight is 291 g/mol. The Bertz CT molecular complexity index is 435. The maximum Gasteiger partial charge on any atom is 0.223 e. The predicted octanol–water partition coefficient (Wildman–Crippen LogP) is -0.270. The molecule has 2 fully saturated rings. The second kappa shape index (κ2) is 5.76. The molecule has 2 rings (SSSR count). The Labute approximate surface area is 113 Å². The molecule has 1 aliphatic carbocycles. The van der Waals surface area contributed by atoms with Gasteiger partial charge in [-0.05, 0) is 19.3 Å². The number of sulfone groups is 1. The van der Waals surface area contributed by atoms with E-state index in [0.717, 1.165) is 12.8 Å². The second-order valence-electron chi connectivity index (χ2n) is 5.33. The Morgan fingerprint density at radius 1 is 1.16 bits per heavy atom. The highest BCUT2D eigenvalue weighted by atomic mass is 32.2. The van der Waals surface area contributed by atoms with Gasteiger partial charge < -0.3 is 14.8 Å². The molecule has 19 heavy (non-hydrogen) atoms. The Morgan fingerprint density at radius 2 is 1.89 bits per heavy atom. The van der Waals surface area contributed by atoms with Crippen molar-refractivity contribution in [3.05, 3.63) is 0 Å². The number of amides is 1. The lowest BCUT2D eigenvalue weighted by Gasteiger charge is -2.20. The summed E-state index contributed by atoms with van der Waals surface area (Å²) in [6, 6.07) is -0.427. The normalized spacial score (nSPS) is 37.4. The molecule has 0 aromatic carbocycles. The van der Waals surface area contributed by atoms with Gasteiger partial charge in [0.25, 0.3) is 0 Å². The first-order chi connectivity index (χ1) is 8.95. The highest BCUT2D eigenvalue weighted by molar-refractivity contribution is 7.91. The van der Waals surface area contributed by atoms with Gasteiger partial charge in [-0.3, -0.25) is 4.79 Å². The van der Waals surface area contributed by atoms with Gasteiger partial charge in [0.05, 0.1) is 29.8 Å². The largest absolute Gasteiger partial charge is 0.381 e. The Morgan fingerprint density at radius 3 is 2.47 bits per heavy atom. The summed E-state index contributed by atoms with van der Waals surface area (Å²) in [4.78, 5) is 12.1. The molecular formula is C12H21NO5S. The number of rotatable bonds is 4. The third kappa shape index (κ3) is 3.46. The van der Waals surface area contributed by atoms with Crippen LogP contribution in [0.2, 0.25) is 0 Å². The number of hydrogen-bond acceptors (Lipinski definition) is 5. The molecule has 0 aromatic heterocycles. The van der Waals surface area contributed by atoms with Gasteiger partial charge in [-0.1, -0.05) is 0 Å². The number of carbonyl (C=O) groups is 1. The van der Waals surface area contributed by atoms with Crippen LogP contribution in [0, 0.1) is 5.92 Å². The highest BCUT2D eigenvalue weighted by Gasteiger charge is 2.40. The Balaban J connectivity index is 1.92. The van der Waals surface area contributed by atoms with Crippen molar-refractivity contribution in [1.82, 2.24) is 5.32 Å². The first-order valence-electron chi connectivity index (χ1n) is 6.51. The van der Waals surface area contributed by atoms with Crippen LogP contribution in [0.15, 0.2) is 0 Å². The highest BCUT2D eigenvalue weighted by Crippen LogP contribution is 2.28. The lowest BCUT2D eigenvalue weighted by molar-refractivity contribution is -0.126. The van der Waals surface area contributed by atoms with Crippen LogP contribution in [-0.2, 0) is 24.1 Å². The van der Waals surface area contributed by atoms with E-state index in [0.29, 0.717) is 6.42 Å². The zero-order valence-corrected chi connectivity index (χ0v) is 12.1. The maximum absolute atomic E-state index is 12.1. The Kier molecular flexibility index (Phi) is 4.47. The monoisotopic (exact) mass is 291 g/mol. The number of carbonyl (C=O) groups excluding carboxylic acids is 1. The summed E-state index contributed by atoms with van der Waals surface area (Å²) < 4.78 is 33.5. The molecule has 1 saturated carbocycles. The zero-order chi connectivity index (χ0) is 14.0. The van der Waals surface area contributed by atoms with E-state index < -0.39 is 22.0 Å². The van der Waals surface area contributed by atoms with Crippen molar-refractivity contribution in [2.24, 2.45) is 5.92 Å². The SMILES string of the molecule is COC1CCC(C(=O)NC2CS(=O)(=O)CC2OC)C1. The van der Waals surface area contributed by atoms with Crippen LogP contribution in [0.25, 0.3) is 0 Å². The smallest absolute Gasteiger partial charge is 0.223 e. The molecule has 1 heterocycles. The quantitative estimate of drug-likeness (QED) is 0.771. The molecule has 4 atom stereocenters. The molecule has 2 aliphatic rings. The summed E-state index contributed by atoms with van der Waals surface area (Å²) in [5.41, 5.74) is 0. The van der Waals surface area contributed by atoms with Crippen molar-refractivity contribution in [2.75, 3.05) is 25.7 Å². The second-order valence-corrected chi connectivity index (χ2v) is 7.49. The van der Waals surface area contributed by atoms with E-state index in [9.17, 15) is 13.2 Å². The van der Waals surface area contributed by atoms with Gasteiger partial charge in [0.15, 0.2) is 9.84 Å². The molecule has 6 nitrogen and oxygen atoms in total. The molecule has 0 bridgehead atoms. The van der Waals surface area contributed by atoms with E-state index >= 15 is 0 Å². The predicted molar refractivity (Wildman–Crippen MR) is 69.5 cm³/mol. The zero-order valence-electron chi connectivity index (χ0n) is 11.3. The Hall–Kier alpha value is -0.660. The fourth-order valence-corrected chi connectivity index (χ4v) is 4.73. The molecule has 110 valence electrons. The third-order valence-corrected chi connectivity index (χ3v) is 5.72. The maximum atomic E-state index is 12.1. The first-order valence-corrected chi connectivity index (χ1v) is 8.33. The van der Waals surface area contributed by atoms with E-state index in [1.807, 2.05) is 0 Å². The summed E-state index contributed by atoms with van der Waals surface area (Å²) in [7, 11) is 0.0159. The summed E-state index contributed by atoms with van der Waals surface area (Å²) in [6.45, 7) is 0. The van der Waals surface area contributed by atoms with Gasteiger partial charge in [0.1, 0.15) is 0 Å². The van der Waals surface area contributed by atoms with Crippen molar-refractivity contribution in [3.63, 3.8) is 0 Å². The van der Waals surface area contributed by atoms with Gasteiger partial charge in [-0.15, -0.1) is 0 Å². The molecule has 4 unspecified atom stereocenters. The summed E-state index contributed by atoms with van der Waals surface area (Å²) in [6.07, 6.45) is 2.08. The fraction of sp³-hybridized carbons (Fsp3) is 0.917. The van der Waals surface area contributed by atoms with Crippen LogP contribution in [0.5, 0.6) is 0 Å². The lowest BCUT2D eigenvalue weighted by Crippen LogP contribution is -2.45.